The number of thioether (sulfide) groups is 2. The lowest BCUT2D eigenvalue weighted by atomic mass is 10.2. The molecule has 0 aliphatic carbocycles. The molecule has 1 N–H and O–H groups in total. The van der Waals surface area contributed by atoms with Crippen LogP contribution in [-0.4, -0.2) is 48.5 Å². The summed E-state index contributed by atoms with van der Waals surface area (Å²) in [4.78, 5) is 4.13. The van der Waals surface area contributed by atoms with Crippen molar-refractivity contribution >= 4 is 23.5 Å². The van der Waals surface area contributed by atoms with E-state index in [0.29, 0.717) is 11.7 Å². The summed E-state index contributed by atoms with van der Waals surface area (Å²) >= 11 is 3.80. The van der Waals surface area contributed by atoms with Gasteiger partial charge in [0.15, 0.2) is 0 Å². The Morgan fingerprint density at radius 1 is 1.67 bits per heavy atom. The lowest BCUT2D eigenvalue weighted by Crippen LogP contribution is -2.31. The van der Waals surface area contributed by atoms with Gasteiger partial charge in [-0.2, -0.15) is 28.6 Å². The highest BCUT2D eigenvalue weighted by Crippen LogP contribution is 2.27. The lowest BCUT2D eigenvalue weighted by molar-refractivity contribution is 0.173. The van der Waals surface area contributed by atoms with Crippen LogP contribution in [0.15, 0.2) is 6.33 Å². The molecule has 1 aromatic heterocycles. The Kier molecular flexibility index (Phi) is 3.93. The molecule has 0 bridgehead atoms. The number of aryl methyl sites for hydroxylation is 1. The third-order valence-corrected chi connectivity index (χ3v) is 5.37. The zero-order valence-corrected chi connectivity index (χ0v) is 10.3. The predicted octanol–water partition coefficient (Wildman–Crippen LogP) is 0.567. The molecular formula is C9H15N3OS2. The number of hydrogen-bond donors (Lipinski definition) is 1. The molecule has 0 radical (unpaired) electrons. The Morgan fingerprint density at radius 3 is 3.13 bits per heavy atom. The molecule has 84 valence electrons. The predicted molar refractivity (Wildman–Crippen MR) is 64.3 cm³/mol. The summed E-state index contributed by atoms with van der Waals surface area (Å²) in [6, 6.07) is 0. The van der Waals surface area contributed by atoms with E-state index in [4.69, 9.17) is 0 Å². The number of aromatic nitrogens is 3. The minimum Gasteiger partial charge on any atom is -0.391 e. The standard InChI is InChI=1S/C9H15N3OS2/c1-12-9(10-6-11-12)4-7(13)8-5-14-2-3-15-8/h6-8,13H,2-5H2,1H3. The van der Waals surface area contributed by atoms with E-state index in [1.165, 1.54) is 12.1 Å². The molecule has 1 saturated heterocycles. The van der Waals surface area contributed by atoms with Crippen molar-refractivity contribution < 1.29 is 5.11 Å². The summed E-state index contributed by atoms with van der Waals surface area (Å²) in [5.74, 6) is 4.26. The van der Waals surface area contributed by atoms with Crippen molar-refractivity contribution in [3.63, 3.8) is 0 Å². The molecule has 1 fully saturated rings. The Balaban J connectivity index is 1.91. The molecule has 15 heavy (non-hydrogen) atoms. The van der Waals surface area contributed by atoms with Gasteiger partial charge in [0.05, 0.1) is 6.10 Å². The topological polar surface area (TPSA) is 50.9 Å². The van der Waals surface area contributed by atoms with Gasteiger partial charge in [0.1, 0.15) is 12.2 Å². The largest absolute Gasteiger partial charge is 0.391 e. The zero-order chi connectivity index (χ0) is 10.7. The van der Waals surface area contributed by atoms with Crippen LogP contribution in [0.2, 0.25) is 0 Å². The van der Waals surface area contributed by atoms with Gasteiger partial charge in [0, 0.05) is 36.0 Å². The maximum absolute atomic E-state index is 10.1. The van der Waals surface area contributed by atoms with Crippen molar-refractivity contribution in [3.8, 4) is 0 Å². The molecule has 2 rings (SSSR count). The van der Waals surface area contributed by atoms with Gasteiger partial charge < -0.3 is 5.11 Å². The molecule has 1 aromatic rings. The van der Waals surface area contributed by atoms with Gasteiger partial charge in [0.2, 0.25) is 0 Å². The van der Waals surface area contributed by atoms with Crippen LogP contribution in [0.1, 0.15) is 5.82 Å². The summed E-state index contributed by atoms with van der Waals surface area (Å²) in [5, 5.41) is 14.4. The Hall–Kier alpha value is -0.200. The Bertz CT molecular complexity index is 312. The van der Waals surface area contributed by atoms with Gasteiger partial charge in [-0.1, -0.05) is 0 Å². The van der Waals surface area contributed by atoms with Crippen LogP contribution in [0.4, 0.5) is 0 Å². The molecule has 1 aliphatic rings. The lowest BCUT2D eigenvalue weighted by Gasteiger charge is -2.25. The minimum atomic E-state index is -0.300. The van der Waals surface area contributed by atoms with E-state index in [1.54, 1.807) is 4.68 Å². The SMILES string of the molecule is Cn1ncnc1CC(O)C1CSCCS1. The first-order valence-corrected chi connectivity index (χ1v) is 7.18. The second kappa shape index (κ2) is 5.23. The second-order valence-electron chi connectivity index (χ2n) is 3.56. The molecule has 0 aromatic carbocycles. The van der Waals surface area contributed by atoms with Crippen LogP contribution in [0.25, 0.3) is 0 Å². The highest BCUT2D eigenvalue weighted by Gasteiger charge is 2.24. The maximum Gasteiger partial charge on any atom is 0.138 e. The third-order valence-electron chi connectivity index (χ3n) is 2.47. The van der Waals surface area contributed by atoms with Crippen LogP contribution in [-0.2, 0) is 13.5 Å². The van der Waals surface area contributed by atoms with E-state index < -0.39 is 0 Å². The van der Waals surface area contributed by atoms with Crippen molar-refractivity contribution in [2.45, 2.75) is 17.8 Å². The molecular weight excluding hydrogens is 230 g/mol. The number of hydrogen-bond acceptors (Lipinski definition) is 5. The van der Waals surface area contributed by atoms with E-state index in [2.05, 4.69) is 10.1 Å². The van der Waals surface area contributed by atoms with Crippen molar-refractivity contribution in [1.29, 1.82) is 0 Å². The van der Waals surface area contributed by atoms with E-state index in [-0.39, 0.29) is 6.10 Å². The molecule has 6 heteroatoms. The minimum absolute atomic E-state index is 0.300. The van der Waals surface area contributed by atoms with Crippen LogP contribution in [0.3, 0.4) is 0 Å². The first-order valence-electron chi connectivity index (χ1n) is 4.97. The monoisotopic (exact) mass is 245 g/mol. The summed E-state index contributed by atoms with van der Waals surface area (Å²) in [5.41, 5.74) is 0. The average molecular weight is 245 g/mol. The molecule has 0 spiro atoms. The molecule has 2 heterocycles. The summed E-state index contributed by atoms with van der Waals surface area (Å²) in [6.45, 7) is 0. The maximum atomic E-state index is 10.1. The number of aliphatic hydroxyl groups is 1. The summed E-state index contributed by atoms with van der Waals surface area (Å²) in [6.07, 6.45) is 1.84. The van der Waals surface area contributed by atoms with Gasteiger partial charge in [0.25, 0.3) is 0 Å². The van der Waals surface area contributed by atoms with Gasteiger partial charge in [-0.15, -0.1) is 0 Å². The second-order valence-corrected chi connectivity index (χ2v) is 6.05. The highest BCUT2D eigenvalue weighted by atomic mass is 32.2. The van der Waals surface area contributed by atoms with Crippen LogP contribution in [0.5, 0.6) is 0 Å². The molecule has 0 saturated carbocycles. The van der Waals surface area contributed by atoms with Crippen molar-refractivity contribution in [3.05, 3.63) is 12.2 Å². The average Bonchev–Trinajstić information content (AvgIpc) is 2.66. The van der Waals surface area contributed by atoms with Crippen molar-refractivity contribution in [2.24, 2.45) is 7.05 Å². The third kappa shape index (κ3) is 2.89. The van der Waals surface area contributed by atoms with Gasteiger partial charge in [-0.05, 0) is 0 Å². The fourth-order valence-electron chi connectivity index (χ4n) is 1.55. The molecule has 1 aliphatic heterocycles. The first kappa shape index (κ1) is 11.3. The van der Waals surface area contributed by atoms with E-state index >= 15 is 0 Å². The van der Waals surface area contributed by atoms with E-state index in [9.17, 15) is 5.11 Å². The molecule has 2 atom stereocenters. The van der Waals surface area contributed by atoms with Crippen molar-refractivity contribution in [2.75, 3.05) is 17.3 Å². The number of rotatable bonds is 3. The van der Waals surface area contributed by atoms with E-state index in [0.717, 1.165) is 17.3 Å². The normalized spacial score (nSPS) is 24.0. The smallest absolute Gasteiger partial charge is 0.138 e. The van der Waals surface area contributed by atoms with Gasteiger partial charge in [-0.3, -0.25) is 4.68 Å². The molecule has 0 amide bonds. The summed E-state index contributed by atoms with van der Waals surface area (Å²) in [7, 11) is 1.86. The quantitative estimate of drug-likeness (QED) is 0.843. The fourth-order valence-corrected chi connectivity index (χ4v) is 4.32. The first-order chi connectivity index (χ1) is 7.27. The fraction of sp³-hybridized carbons (Fsp3) is 0.778. The number of aliphatic hydroxyl groups excluding tert-OH is 1. The highest BCUT2D eigenvalue weighted by molar-refractivity contribution is 8.06. The van der Waals surface area contributed by atoms with Crippen LogP contribution < -0.4 is 0 Å². The van der Waals surface area contributed by atoms with E-state index in [1.807, 2.05) is 30.6 Å². The van der Waals surface area contributed by atoms with Gasteiger partial charge >= 0.3 is 0 Å². The van der Waals surface area contributed by atoms with Gasteiger partial charge in [-0.25, -0.2) is 4.98 Å². The molecule has 4 nitrogen and oxygen atoms in total. The zero-order valence-electron chi connectivity index (χ0n) is 8.67. The Labute approximate surface area is 97.8 Å². The van der Waals surface area contributed by atoms with Crippen LogP contribution >= 0.6 is 23.5 Å². The van der Waals surface area contributed by atoms with Crippen molar-refractivity contribution in [1.82, 2.24) is 14.8 Å². The van der Waals surface area contributed by atoms with Crippen LogP contribution in [0, 0.1) is 0 Å². The summed E-state index contributed by atoms with van der Waals surface area (Å²) < 4.78 is 1.73. The Morgan fingerprint density at radius 2 is 2.53 bits per heavy atom. The number of nitrogens with zero attached hydrogens (tertiary/aromatic N) is 3. The molecule has 2 unspecified atom stereocenters.